The zero-order valence-corrected chi connectivity index (χ0v) is 20.8. The van der Waals surface area contributed by atoms with Crippen LogP contribution >= 0.6 is 11.3 Å². The van der Waals surface area contributed by atoms with Gasteiger partial charge in [0.1, 0.15) is 23.9 Å². The van der Waals surface area contributed by atoms with Gasteiger partial charge in [-0.2, -0.15) is 0 Å². The van der Waals surface area contributed by atoms with Gasteiger partial charge in [-0.15, -0.1) is 11.3 Å². The number of benzene rings is 3. The van der Waals surface area contributed by atoms with Crippen LogP contribution in [0, 0.1) is 0 Å². The summed E-state index contributed by atoms with van der Waals surface area (Å²) in [6.07, 6.45) is 0.759. The summed E-state index contributed by atoms with van der Waals surface area (Å²) in [4.78, 5) is 6.00. The number of methoxy groups -OCH3 is 2. The molecule has 6 nitrogen and oxygen atoms in total. The third-order valence-electron chi connectivity index (χ3n) is 5.33. The van der Waals surface area contributed by atoms with Crippen molar-refractivity contribution in [2.24, 2.45) is 0 Å². The Bertz CT molecular complexity index is 1200. The van der Waals surface area contributed by atoms with Gasteiger partial charge in [-0.1, -0.05) is 42.5 Å². The molecule has 0 fully saturated rings. The number of rotatable bonds is 13. The van der Waals surface area contributed by atoms with E-state index in [-0.39, 0.29) is 0 Å². The molecule has 0 unspecified atom stereocenters. The molecule has 4 rings (SSSR count). The van der Waals surface area contributed by atoms with Gasteiger partial charge in [-0.3, -0.25) is 0 Å². The van der Waals surface area contributed by atoms with Gasteiger partial charge in [0.15, 0.2) is 5.13 Å². The van der Waals surface area contributed by atoms with Crippen LogP contribution in [0.3, 0.4) is 0 Å². The minimum Gasteiger partial charge on any atom is -0.497 e. The van der Waals surface area contributed by atoms with Gasteiger partial charge in [0.05, 0.1) is 33.1 Å². The van der Waals surface area contributed by atoms with E-state index in [9.17, 15) is 0 Å². The molecule has 0 atom stereocenters. The van der Waals surface area contributed by atoms with Crippen molar-refractivity contribution in [3.8, 4) is 17.2 Å². The molecule has 35 heavy (non-hydrogen) atoms. The van der Waals surface area contributed by atoms with Gasteiger partial charge in [-0.25, -0.2) is 4.98 Å². The highest BCUT2D eigenvalue weighted by atomic mass is 32.1. The van der Waals surface area contributed by atoms with E-state index in [1.54, 1.807) is 25.6 Å². The molecule has 0 bridgehead atoms. The fourth-order valence-electron chi connectivity index (χ4n) is 3.54. The third-order valence-corrected chi connectivity index (χ3v) is 6.39. The normalized spacial score (nSPS) is 10.7. The molecule has 1 N–H and O–H groups in total. The lowest BCUT2D eigenvalue weighted by Crippen LogP contribution is -2.07. The van der Waals surface area contributed by atoms with Crippen LogP contribution in [0.2, 0.25) is 0 Å². The predicted octanol–water partition coefficient (Wildman–Crippen LogP) is 5.96. The molecule has 0 saturated heterocycles. The predicted molar refractivity (Wildman–Crippen MR) is 140 cm³/mol. The molecule has 1 heterocycles. The molecule has 7 heteroatoms. The second-order valence-electron chi connectivity index (χ2n) is 7.84. The minimum absolute atomic E-state index is 0.425. The number of hydrogen-bond acceptors (Lipinski definition) is 7. The fraction of sp³-hybridized carbons (Fsp3) is 0.250. The van der Waals surface area contributed by atoms with Crippen LogP contribution in [0.4, 0.5) is 5.13 Å². The maximum atomic E-state index is 5.92. The lowest BCUT2D eigenvalue weighted by molar-refractivity contribution is 0.0869. The first-order chi connectivity index (χ1) is 17.2. The van der Waals surface area contributed by atoms with Crippen LogP contribution in [-0.2, 0) is 24.3 Å². The smallest absolute Gasteiger partial charge is 0.183 e. The summed E-state index contributed by atoms with van der Waals surface area (Å²) in [5.41, 5.74) is 3.23. The number of nitrogens with zero attached hydrogens (tertiary/aromatic N) is 1. The molecule has 0 aliphatic carbocycles. The Kier molecular flexibility index (Phi) is 8.98. The zero-order chi connectivity index (χ0) is 24.3. The maximum Gasteiger partial charge on any atom is 0.183 e. The van der Waals surface area contributed by atoms with Crippen LogP contribution in [0.1, 0.15) is 21.7 Å². The van der Waals surface area contributed by atoms with Crippen LogP contribution in [0.5, 0.6) is 17.2 Å². The minimum atomic E-state index is 0.425. The van der Waals surface area contributed by atoms with Crippen molar-refractivity contribution in [1.82, 2.24) is 4.98 Å². The van der Waals surface area contributed by atoms with Crippen molar-refractivity contribution in [3.05, 3.63) is 101 Å². The summed E-state index contributed by atoms with van der Waals surface area (Å²) in [7, 11) is 3.36. The van der Waals surface area contributed by atoms with Gasteiger partial charge in [0.2, 0.25) is 0 Å². The number of thiazole rings is 1. The number of nitrogens with one attached hydrogen (secondary N) is 1. The van der Waals surface area contributed by atoms with E-state index in [4.69, 9.17) is 23.9 Å². The molecule has 0 aliphatic heterocycles. The Morgan fingerprint density at radius 3 is 2.20 bits per heavy atom. The molecule has 0 aliphatic rings. The van der Waals surface area contributed by atoms with E-state index in [0.29, 0.717) is 26.4 Å². The number of ether oxygens (including phenoxy) is 4. The third kappa shape index (κ3) is 7.47. The molecule has 0 radical (unpaired) electrons. The lowest BCUT2D eigenvalue weighted by Gasteiger charge is -2.08. The largest absolute Gasteiger partial charge is 0.497 e. The Hall–Kier alpha value is -3.55. The summed E-state index contributed by atoms with van der Waals surface area (Å²) < 4.78 is 22.4. The van der Waals surface area contributed by atoms with Crippen LogP contribution in [-0.4, -0.2) is 32.4 Å². The first kappa shape index (κ1) is 24.6. The molecule has 0 amide bonds. The SMILES string of the molecule is COc1cccc(CNc2nc(COCCOc3ccccc3)c(Cc3cccc(OC)c3)s2)c1. The van der Waals surface area contributed by atoms with Gasteiger partial charge >= 0.3 is 0 Å². The Morgan fingerprint density at radius 2 is 1.46 bits per heavy atom. The summed E-state index contributed by atoms with van der Waals surface area (Å²) in [5.74, 6) is 2.53. The van der Waals surface area contributed by atoms with Crippen molar-refractivity contribution in [1.29, 1.82) is 0 Å². The second-order valence-corrected chi connectivity index (χ2v) is 8.92. The highest BCUT2D eigenvalue weighted by Gasteiger charge is 2.13. The monoisotopic (exact) mass is 490 g/mol. The molecule has 0 saturated carbocycles. The molecule has 1 aromatic heterocycles. The first-order valence-corrected chi connectivity index (χ1v) is 12.3. The quantitative estimate of drug-likeness (QED) is 0.233. The topological polar surface area (TPSA) is 61.8 Å². The van der Waals surface area contributed by atoms with Gasteiger partial charge in [0.25, 0.3) is 0 Å². The van der Waals surface area contributed by atoms with E-state index in [0.717, 1.165) is 44.9 Å². The number of hydrogen-bond donors (Lipinski definition) is 1. The Labute approximate surface area is 210 Å². The Balaban J connectivity index is 1.40. The summed E-state index contributed by atoms with van der Waals surface area (Å²) >= 11 is 1.65. The van der Waals surface area contributed by atoms with Crippen LogP contribution < -0.4 is 19.5 Å². The van der Waals surface area contributed by atoms with Crippen molar-refractivity contribution >= 4 is 16.5 Å². The van der Waals surface area contributed by atoms with Crippen molar-refractivity contribution in [2.45, 2.75) is 19.6 Å². The van der Waals surface area contributed by atoms with Gasteiger partial charge in [0, 0.05) is 17.8 Å². The van der Waals surface area contributed by atoms with Crippen molar-refractivity contribution in [3.63, 3.8) is 0 Å². The first-order valence-electron chi connectivity index (χ1n) is 11.5. The fourth-order valence-corrected chi connectivity index (χ4v) is 4.54. The lowest BCUT2D eigenvalue weighted by atomic mass is 10.1. The van der Waals surface area contributed by atoms with E-state index >= 15 is 0 Å². The molecule has 3 aromatic carbocycles. The Morgan fingerprint density at radius 1 is 0.771 bits per heavy atom. The van der Waals surface area contributed by atoms with Crippen LogP contribution in [0.15, 0.2) is 78.9 Å². The maximum absolute atomic E-state index is 5.92. The highest BCUT2D eigenvalue weighted by molar-refractivity contribution is 7.15. The zero-order valence-electron chi connectivity index (χ0n) is 20.0. The van der Waals surface area contributed by atoms with E-state index in [1.807, 2.05) is 60.7 Å². The molecule has 0 spiro atoms. The molecular weight excluding hydrogens is 460 g/mol. The highest BCUT2D eigenvalue weighted by Crippen LogP contribution is 2.28. The van der Waals surface area contributed by atoms with E-state index < -0.39 is 0 Å². The molecule has 4 aromatic rings. The average molecular weight is 491 g/mol. The van der Waals surface area contributed by atoms with Crippen LogP contribution in [0.25, 0.3) is 0 Å². The molecule has 182 valence electrons. The summed E-state index contributed by atoms with van der Waals surface area (Å²) in [5, 5.41) is 4.32. The van der Waals surface area contributed by atoms with Gasteiger partial charge < -0.3 is 24.3 Å². The standard InChI is InChI=1S/C28H30N2O4S/c1-31-24-12-6-8-21(16-24)18-27-26(20-33-14-15-34-23-10-4-3-5-11-23)30-28(35-27)29-19-22-9-7-13-25(17-22)32-2/h3-13,16-17H,14-15,18-20H2,1-2H3,(H,29,30). The van der Waals surface area contributed by atoms with E-state index in [1.165, 1.54) is 5.56 Å². The summed E-state index contributed by atoms with van der Waals surface area (Å²) in [6, 6.07) is 25.9. The average Bonchev–Trinajstić information content (AvgIpc) is 3.29. The van der Waals surface area contributed by atoms with E-state index in [2.05, 4.69) is 23.5 Å². The number of aromatic nitrogens is 1. The van der Waals surface area contributed by atoms with Gasteiger partial charge in [-0.05, 0) is 47.5 Å². The summed E-state index contributed by atoms with van der Waals surface area (Å²) in [6.45, 7) is 2.06. The van der Waals surface area contributed by atoms with Crippen molar-refractivity contribution < 1.29 is 18.9 Å². The number of anilines is 1. The second kappa shape index (κ2) is 12.8. The number of para-hydroxylation sites is 1. The molecular formula is C28H30N2O4S. The van der Waals surface area contributed by atoms with Crippen molar-refractivity contribution in [2.75, 3.05) is 32.8 Å².